The highest BCUT2D eigenvalue weighted by Crippen LogP contribution is 2.41. The molecule has 0 aliphatic carbocycles. The van der Waals surface area contributed by atoms with Gasteiger partial charge in [0.25, 0.3) is 5.91 Å². The standard InChI is InChI=1S/C23H28N2O5S/c1-5-24(6-2)11-12-25-20(15-9-10-16(29-3)17(14-15)30-4)19(22(27)23(25)28)21(26)18-8-7-13-31-18/h7-10,13-14,20,27H,5-6,11-12H2,1-4H3/t20-/m0/s1. The number of methoxy groups -OCH3 is 2. The molecule has 0 saturated heterocycles. The van der Waals surface area contributed by atoms with Crippen molar-refractivity contribution in [2.45, 2.75) is 19.9 Å². The minimum atomic E-state index is -0.711. The predicted octanol–water partition coefficient (Wildman–Crippen LogP) is 3.69. The van der Waals surface area contributed by atoms with Gasteiger partial charge in [0.15, 0.2) is 17.3 Å². The first-order valence-electron chi connectivity index (χ1n) is 10.2. The number of carbonyl (C=O) groups is 2. The van der Waals surface area contributed by atoms with E-state index in [0.717, 1.165) is 13.1 Å². The Labute approximate surface area is 186 Å². The van der Waals surface area contributed by atoms with Crippen LogP contribution in [0.4, 0.5) is 0 Å². The lowest BCUT2D eigenvalue weighted by Crippen LogP contribution is -2.38. The van der Waals surface area contributed by atoms with E-state index in [4.69, 9.17) is 9.47 Å². The molecule has 8 heteroatoms. The maximum Gasteiger partial charge on any atom is 0.290 e. The maximum atomic E-state index is 13.3. The molecule has 166 valence electrons. The molecule has 1 aromatic heterocycles. The Morgan fingerprint density at radius 2 is 1.87 bits per heavy atom. The van der Waals surface area contributed by atoms with E-state index < -0.39 is 17.7 Å². The molecule has 2 aromatic rings. The SMILES string of the molecule is CCN(CC)CCN1C(=O)C(O)=C(C(=O)c2cccs2)[C@@H]1c1ccc(OC)c(OC)c1. The third kappa shape index (κ3) is 4.45. The number of carbonyl (C=O) groups excluding carboxylic acids is 2. The second kappa shape index (κ2) is 9.98. The van der Waals surface area contributed by atoms with Crippen molar-refractivity contribution in [2.75, 3.05) is 40.4 Å². The van der Waals surface area contributed by atoms with E-state index in [2.05, 4.69) is 18.7 Å². The first-order chi connectivity index (χ1) is 15.0. The van der Waals surface area contributed by atoms with Crippen LogP contribution in [0.5, 0.6) is 11.5 Å². The van der Waals surface area contributed by atoms with Gasteiger partial charge in [-0.05, 0) is 42.2 Å². The normalized spacial score (nSPS) is 16.4. The van der Waals surface area contributed by atoms with Crippen molar-refractivity contribution in [1.29, 1.82) is 0 Å². The number of hydrogen-bond acceptors (Lipinski definition) is 7. The summed E-state index contributed by atoms with van der Waals surface area (Å²) in [6, 6.07) is 8.05. The zero-order valence-corrected chi connectivity index (χ0v) is 19.1. The molecule has 1 aliphatic rings. The Bertz CT molecular complexity index is 966. The van der Waals surface area contributed by atoms with Crippen molar-refractivity contribution >= 4 is 23.0 Å². The average molecular weight is 445 g/mol. The summed E-state index contributed by atoms with van der Waals surface area (Å²) in [5, 5.41) is 12.5. The molecular weight excluding hydrogens is 416 g/mol. The van der Waals surface area contributed by atoms with Crippen LogP contribution in [0, 0.1) is 0 Å². The molecule has 1 N–H and O–H groups in total. The average Bonchev–Trinajstić information content (AvgIpc) is 3.41. The van der Waals surface area contributed by atoms with E-state index >= 15 is 0 Å². The van der Waals surface area contributed by atoms with Crippen LogP contribution in [0.1, 0.15) is 35.1 Å². The number of ether oxygens (including phenoxy) is 2. The number of nitrogens with zero attached hydrogens (tertiary/aromatic N) is 2. The lowest BCUT2D eigenvalue weighted by atomic mass is 9.95. The predicted molar refractivity (Wildman–Crippen MR) is 120 cm³/mol. The van der Waals surface area contributed by atoms with E-state index in [1.165, 1.54) is 18.4 Å². The summed E-state index contributed by atoms with van der Waals surface area (Å²) < 4.78 is 10.8. The zero-order valence-electron chi connectivity index (χ0n) is 18.3. The number of hydrogen-bond donors (Lipinski definition) is 1. The Kier molecular flexibility index (Phi) is 7.35. The number of ketones is 1. The lowest BCUT2D eigenvalue weighted by molar-refractivity contribution is -0.129. The van der Waals surface area contributed by atoms with Crippen LogP contribution in [0.2, 0.25) is 0 Å². The van der Waals surface area contributed by atoms with Crippen molar-refractivity contribution in [2.24, 2.45) is 0 Å². The van der Waals surface area contributed by atoms with Crippen molar-refractivity contribution in [3.05, 3.63) is 57.5 Å². The molecule has 0 radical (unpaired) electrons. The first kappa shape index (κ1) is 22.8. The Morgan fingerprint density at radius 3 is 2.45 bits per heavy atom. The smallest absolute Gasteiger partial charge is 0.290 e. The maximum absolute atomic E-state index is 13.3. The summed E-state index contributed by atoms with van der Waals surface area (Å²) in [6.07, 6.45) is 0. The summed E-state index contributed by atoms with van der Waals surface area (Å²) in [5.41, 5.74) is 0.772. The largest absolute Gasteiger partial charge is 0.503 e. The van der Waals surface area contributed by atoms with Crippen LogP contribution in [0.25, 0.3) is 0 Å². The Balaban J connectivity index is 2.06. The summed E-state index contributed by atoms with van der Waals surface area (Å²) >= 11 is 1.28. The number of amides is 1. The van der Waals surface area contributed by atoms with Crippen LogP contribution in [-0.2, 0) is 4.79 Å². The number of aliphatic hydroxyl groups is 1. The van der Waals surface area contributed by atoms with Gasteiger partial charge in [0.1, 0.15) is 0 Å². The third-order valence-corrected chi connectivity index (χ3v) is 6.44. The highest BCUT2D eigenvalue weighted by molar-refractivity contribution is 7.12. The van der Waals surface area contributed by atoms with Gasteiger partial charge in [-0.1, -0.05) is 26.0 Å². The number of Topliss-reactive ketones (excluding diaryl/α,β-unsaturated/α-hetero) is 1. The number of aliphatic hydroxyl groups excluding tert-OH is 1. The topological polar surface area (TPSA) is 79.3 Å². The minimum absolute atomic E-state index is 0.0965. The lowest BCUT2D eigenvalue weighted by Gasteiger charge is -2.29. The van der Waals surface area contributed by atoms with Crippen molar-refractivity contribution in [3.63, 3.8) is 0 Å². The molecule has 0 saturated carbocycles. The van der Waals surface area contributed by atoms with Crippen LogP contribution < -0.4 is 9.47 Å². The second-order valence-electron chi connectivity index (χ2n) is 7.11. The summed E-state index contributed by atoms with van der Waals surface area (Å²) in [7, 11) is 3.08. The minimum Gasteiger partial charge on any atom is -0.503 e. The molecule has 31 heavy (non-hydrogen) atoms. The van der Waals surface area contributed by atoms with Gasteiger partial charge in [-0.2, -0.15) is 0 Å². The van der Waals surface area contributed by atoms with Crippen molar-refractivity contribution in [1.82, 2.24) is 9.80 Å². The van der Waals surface area contributed by atoms with E-state index in [0.29, 0.717) is 35.0 Å². The van der Waals surface area contributed by atoms with Gasteiger partial charge >= 0.3 is 0 Å². The van der Waals surface area contributed by atoms with Gasteiger partial charge in [0, 0.05) is 13.1 Å². The highest BCUT2D eigenvalue weighted by Gasteiger charge is 2.44. The van der Waals surface area contributed by atoms with Crippen molar-refractivity contribution < 1.29 is 24.2 Å². The van der Waals surface area contributed by atoms with E-state index in [1.54, 1.807) is 47.7 Å². The Hall–Kier alpha value is -2.84. The van der Waals surface area contributed by atoms with Gasteiger partial charge in [-0.15, -0.1) is 11.3 Å². The van der Waals surface area contributed by atoms with E-state index in [9.17, 15) is 14.7 Å². The van der Waals surface area contributed by atoms with Crippen LogP contribution >= 0.6 is 11.3 Å². The molecule has 0 spiro atoms. The second-order valence-corrected chi connectivity index (χ2v) is 8.06. The third-order valence-electron chi connectivity index (χ3n) is 5.57. The summed E-state index contributed by atoms with van der Waals surface area (Å²) in [6.45, 7) is 6.83. The van der Waals surface area contributed by atoms with Gasteiger partial charge in [0.05, 0.1) is 30.7 Å². The first-order valence-corrected chi connectivity index (χ1v) is 11.1. The van der Waals surface area contributed by atoms with Crippen molar-refractivity contribution in [3.8, 4) is 11.5 Å². The van der Waals surface area contributed by atoms with E-state index in [1.807, 2.05) is 0 Å². The molecule has 0 fully saturated rings. The summed E-state index contributed by atoms with van der Waals surface area (Å²) in [5.74, 6) is -0.328. The number of thiophene rings is 1. The fourth-order valence-corrected chi connectivity index (χ4v) is 4.49. The molecule has 1 aliphatic heterocycles. The Morgan fingerprint density at radius 1 is 1.16 bits per heavy atom. The fourth-order valence-electron chi connectivity index (χ4n) is 3.82. The van der Waals surface area contributed by atoms with Gasteiger partial charge in [0.2, 0.25) is 5.78 Å². The number of likely N-dealkylation sites (N-methyl/N-ethyl adjacent to an activating group) is 1. The molecule has 1 amide bonds. The quantitative estimate of drug-likeness (QED) is 0.563. The molecule has 7 nitrogen and oxygen atoms in total. The molecular formula is C23H28N2O5S. The molecule has 1 atom stereocenters. The monoisotopic (exact) mass is 444 g/mol. The number of benzene rings is 1. The van der Waals surface area contributed by atoms with Crippen LogP contribution in [0.15, 0.2) is 47.0 Å². The number of rotatable bonds is 10. The molecule has 1 aromatic carbocycles. The van der Waals surface area contributed by atoms with Crippen LogP contribution in [0.3, 0.4) is 0 Å². The van der Waals surface area contributed by atoms with Gasteiger partial charge in [-0.3, -0.25) is 9.59 Å². The highest BCUT2D eigenvalue weighted by atomic mass is 32.1. The zero-order chi connectivity index (χ0) is 22.5. The summed E-state index contributed by atoms with van der Waals surface area (Å²) in [4.78, 5) is 30.5. The van der Waals surface area contributed by atoms with E-state index in [-0.39, 0.29) is 11.4 Å². The van der Waals surface area contributed by atoms with Gasteiger partial charge < -0.3 is 24.4 Å². The molecule has 3 rings (SSSR count). The molecule has 0 unspecified atom stereocenters. The fraction of sp³-hybridized carbons (Fsp3) is 0.391. The van der Waals surface area contributed by atoms with Gasteiger partial charge in [-0.25, -0.2) is 0 Å². The molecule has 2 heterocycles. The van der Waals surface area contributed by atoms with Crippen LogP contribution in [-0.4, -0.2) is 67.0 Å². The molecule has 0 bridgehead atoms.